The summed E-state index contributed by atoms with van der Waals surface area (Å²) in [6.45, 7) is 3.94. The zero-order chi connectivity index (χ0) is 17.0. The molecule has 0 unspecified atom stereocenters. The quantitative estimate of drug-likeness (QED) is 0.679. The van der Waals surface area contributed by atoms with Crippen molar-refractivity contribution in [2.45, 2.75) is 13.8 Å². The molecule has 0 spiro atoms. The molecule has 6 nitrogen and oxygen atoms in total. The second-order valence-corrected chi connectivity index (χ2v) is 5.40. The number of carbonyl (C=O) groups is 1. The third kappa shape index (κ3) is 3.85. The van der Waals surface area contributed by atoms with Gasteiger partial charge in [-0.25, -0.2) is 0 Å². The average Bonchev–Trinajstić information content (AvgIpc) is 2.51. The topological polar surface area (TPSA) is 75.5 Å². The molecule has 0 fully saturated rings. The maximum Gasteiger partial charge on any atom is 0.292 e. The van der Waals surface area contributed by atoms with Crippen molar-refractivity contribution in [1.82, 2.24) is 0 Å². The van der Waals surface area contributed by atoms with Crippen LogP contribution in [0.2, 0.25) is 0 Å². The fraction of sp³-hybridized carbons (Fsp3) is 0.235. The van der Waals surface area contributed by atoms with E-state index in [1.807, 2.05) is 32.0 Å². The van der Waals surface area contributed by atoms with Crippen LogP contribution in [0, 0.1) is 24.0 Å². The van der Waals surface area contributed by atoms with Crippen LogP contribution in [0.1, 0.15) is 11.1 Å². The van der Waals surface area contributed by atoms with Gasteiger partial charge in [-0.1, -0.05) is 24.3 Å². The van der Waals surface area contributed by atoms with Crippen LogP contribution in [0.25, 0.3) is 0 Å². The lowest BCUT2D eigenvalue weighted by molar-refractivity contribution is -0.384. The van der Waals surface area contributed by atoms with Gasteiger partial charge in [0.25, 0.3) is 5.69 Å². The summed E-state index contributed by atoms with van der Waals surface area (Å²) in [5.41, 5.74) is 3.25. The number of nitro benzene ring substituents is 1. The van der Waals surface area contributed by atoms with Crippen molar-refractivity contribution in [1.29, 1.82) is 0 Å². The van der Waals surface area contributed by atoms with Crippen LogP contribution in [0.5, 0.6) is 0 Å². The van der Waals surface area contributed by atoms with E-state index in [0.717, 1.165) is 16.8 Å². The first-order chi connectivity index (χ1) is 10.9. The van der Waals surface area contributed by atoms with E-state index in [0.29, 0.717) is 5.69 Å². The van der Waals surface area contributed by atoms with Crippen molar-refractivity contribution in [2.75, 3.05) is 23.8 Å². The number of hydrogen-bond acceptors (Lipinski definition) is 4. The molecule has 2 aromatic rings. The van der Waals surface area contributed by atoms with Crippen molar-refractivity contribution in [3.05, 3.63) is 63.7 Å². The van der Waals surface area contributed by atoms with Crippen LogP contribution in [0.4, 0.5) is 17.1 Å². The predicted octanol–water partition coefficient (Wildman–Crippen LogP) is 3.29. The molecule has 0 heterocycles. The smallest absolute Gasteiger partial charge is 0.292 e. The molecule has 0 aliphatic carbocycles. The van der Waals surface area contributed by atoms with Gasteiger partial charge in [-0.3, -0.25) is 14.9 Å². The molecule has 0 aromatic heterocycles. The molecule has 120 valence electrons. The minimum absolute atomic E-state index is 0.0189. The number of rotatable bonds is 5. The van der Waals surface area contributed by atoms with Gasteiger partial charge in [-0.2, -0.15) is 0 Å². The lowest BCUT2D eigenvalue weighted by atomic mass is 10.1. The summed E-state index contributed by atoms with van der Waals surface area (Å²) in [4.78, 5) is 24.4. The lowest BCUT2D eigenvalue weighted by Crippen LogP contribution is -2.30. The first kappa shape index (κ1) is 16.5. The molecular weight excluding hydrogens is 294 g/mol. The van der Waals surface area contributed by atoms with Gasteiger partial charge in [-0.05, 0) is 37.1 Å². The van der Waals surface area contributed by atoms with Gasteiger partial charge >= 0.3 is 0 Å². The van der Waals surface area contributed by atoms with Crippen molar-refractivity contribution < 1.29 is 9.72 Å². The summed E-state index contributed by atoms with van der Waals surface area (Å²) in [6.07, 6.45) is 0. The number of nitro groups is 1. The molecule has 1 N–H and O–H groups in total. The molecule has 0 saturated heterocycles. The van der Waals surface area contributed by atoms with Crippen LogP contribution in [0.3, 0.4) is 0 Å². The van der Waals surface area contributed by atoms with Crippen LogP contribution >= 0.6 is 0 Å². The van der Waals surface area contributed by atoms with Gasteiger partial charge in [0.2, 0.25) is 5.91 Å². The Balaban J connectivity index is 2.11. The van der Waals surface area contributed by atoms with E-state index < -0.39 is 4.92 Å². The lowest BCUT2D eigenvalue weighted by Gasteiger charge is -2.19. The number of hydrogen-bond donors (Lipinski definition) is 1. The highest BCUT2D eigenvalue weighted by Gasteiger charge is 2.18. The Kier molecular flexibility index (Phi) is 4.95. The van der Waals surface area contributed by atoms with E-state index in [1.165, 1.54) is 6.07 Å². The number of aryl methyl sites for hydroxylation is 1. The second-order valence-electron chi connectivity index (χ2n) is 5.40. The Bertz CT molecular complexity index is 744. The summed E-state index contributed by atoms with van der Waals surface area (Å²) >= 11 is 0. The second kappa shape index (κ2) is 6.91. The minimum Gasteiger partial charge on any atom is -0.360 e. The van der Waals surface area contributed by atoms with E-state index in [2.05, 4.69) is 5.32 Å². The number of nitrogens with one attached hydrogen (secondary N) is 1. The molecule has 23 heavy (non-hydrogen) atoms. The maximum atomic E-state index is 12.2. The molecule has 0 atom stereocenters. The number of para-hydroxylation sites is 2. The molecule has 0 aliphatic rings. The van der Waals surface area contributed by atoms with E-state index in [1.54, 1.807) is 30.1 Å². The average molecular weight is 313 g/mol. The molecule has 0 saturated carbocycles. The summed E-state index contributed by atoms with van der Waals surface area (Å²) < 4.78 is 0. The maximum absolute atomic E-state index is 12.2. The highest BCUT2D eigenvalue weighted by molar-refractivity contribution is 5.95. The summed E-state index contributed by atoms with van der Waals surface area (Å²) in [5.74, 6) is -0.223. The number of likely N-dealkylation sites (N-methyl/N-ethyl adjacent to an activating group) is 1. The Morgan fingerprint density at radius 3 is 2.57 bits per heavy atom. The third-order valence-electron chi connectivity index (χ3n) is 3.75. The number of nitrogens with zero attached hydrogens (tertiary/aromatic N) is 2. The molecule has 2 rings (SSSR count). The highest BCUT2D eigenvalue weighted by Crippen LogP contribution is 2.26. The van der Waals surface area contributed by atoms with Gasteiger partial charge in [0, 0.05) is 18.8 Å². The van der Waals surface area contributed by atoms with Crippen molar-refractivity contribution in [3.63, 3.8) is 0 Å². The molecule has 0 aliphatic heterocycles. The predicted molar refractivity (Wildman–Crippen MR) is 90.9 cm³/mol. The SMILES string of the molecule is Cc1cccc(NC(=O)CN(C)c2ccccc2[N+](=O)[O-])c1C. The van der Waals surface area contributed by atoms with Gasteiger partial charge in [0.15, 0.2) is 0 Å². The fourth-order valence-corrected chi connectivity index (χ4v) is 2.32. The van der Waals surface area contributed by atoms with E-state index in [4.69, 9.17) is 0 Å². The normalized spacial score (nSPS) is 10.2. The van der Waals surface area contributed by atoms with E-state index in [-0.39, 0.29) is 18.1 Å². The van der Waals surface area contributed by atoms with Gasteiger partial charge in [-0.15, -0.1) is 0 Å². The molecule has 6 heteroatoms. The Hall–Kier alpha value is -2.89. The number of anilines is 2. The number of benzene rings is 2. The van der Waals surface area contributed by atoms with Crippen LogP contribution in [-0.2, 0) is 4.79 Å². The number of amides is 1. The Morgan fingerprint density at radius 1 is 1.17 bits per heavy atom. The van der Waals surface area contributed by atoms with Gasteiger partial charge in [0.05, 0.1) is 11.5 Å². The monoisotopic (exact) mass is 313 g/mol. The molecular formula is C17H19N3O3. The molecule has 2 aromatic carbocycles. The van der Waals surface area contributed by atoms with Gasteiger partial charge in [0.1, 0.15) is 5.69 Å². The number of carbonyl (C=O) groups excluding carboxylic acids is 1. The fourth-order valence-electron chi connectivity index (χ4n) is 2.32. The summed E-state index contributed by atoms with van der Waals surface area (Å²) in [5, 5.41) is 13.9. The Morgan fingerprint density at radius 2 is 1.87 bits per heavy atom. The summed E-state index contributed by atoms with van der Waals surface area (Å²) in [6, 6.07) is 12.1. The van der Waals surface area contributed by atoms with Gasteiger partial charge < -0.3 is 10.2 Å². The Labute approximate surface area is 134 Å². The minimum atomic E-state index is -0.450. The van der Waals surface area contributed by atoms with Crippen LogP contribution < -0.4 is 10.2 Å². The standard InChI is InChI=1S/C17H19N3O3/c1-12-7-6-8-14(13(12)2)18-17(21)11-19(3)15-9-4-5-10-16(15)20(22)23/h4-10H,11H2,1-3H3,(H,18,21). The van der Waals surface area contributed by atoms with Crippen LogP contribution in [-0.4, -0.2) is 24.4 Å². The summed E-state index contributed by atoms with van der Waals surface area (Å²) in [7, 11) is 1.66. The third-order valence-corrected chi connectivity index (χ3v) is 3.75. The van der Waals surface area contributed by atoms with Crippen molar-refractivity contribution in [2.24, 2.45) is 0 Å². The molecule has 0 radical (unpaired) electrons. The van der Waals surface area contributed by atoms with Crippen molar-refractivity contribution >= 4 is 23.0 Å². The first-order valence-corrected chi connectivity index (χ1v) is 7.20. The molecule has 1 amide bonds. The van der Waals surface area contributed by atoms with E-state index >= 15 is 0 Å². The van der Waals surface area contributed by atoms with Crippen LogP contribution in [0.15, 0.2) is 42.5 Å². The highest BCUT2D eigenvalue weighted by atomic mass is 16.6. The first-order valence-electron chi connectivity index (χ1n) is 7.20. The molecule has 0 bridgehead atoms. The van der Waals surface area contributed by atoms with E-state index in [9.17, 15) is 14.9 Å². The largest absolute Gasteiger partial charge is 0.360 e. The zero-order valence-corrected chi connectivity index (χ0v) is 13.4. The van der Waals surface area contributed by atoms with Crippen molar-refractivity contribution in [3.8, 4) is 0 Å². The zero-order valence-electron chi connectivity index (χ0n) is 13.4.